The van der Waals surface area contributed by atoms with Gasteiger partial charge in [0.1, 0.15) is 5.78 Å². The Kier molecular flexibility index (Phi) is 4.36. The monoisotopic (exact) mass is 210 g/mol. The van der Waals surface area contributed by atoms with E-state index in [0.717, 1.165) is 12.3 Å². The van der Waals surface area contributed by atoms with Crippen LogP contribution in [0.4, 0.5) is 0 Å². The minimum Gasteiger partial charge on any atom is -0.299 e. The number of hydrogen-bond donors (Lipinski definition) is 0. The number of carbonyl (C=O) groups is 1. The maximum Gasteiger partial charge on any atom is 0.138 e. The molecule has 0 amide bonds. The van der Waals surface area contributed by atoms with Gasteiger partial charge in [0.15, 0.2) is 0 Å². The van der Waals surface area contributed by atoms with Gasteiger partial charge in [-0.05, 0) is 18.3 Å². The molecule has 0 aliphatic heterocycles. The van der Waals surface area contributed by atoms with E-state index >= 15 is 0 Å². The third-order valence-electron chi connectivity index (χ3n) is 3.78. The lowest BCUT2D eigenvalue weighted by molar-refractivity contribution is -0.127. The molecule has 2 atom stereocenters. The molecule has 1 aliphatic carbocycles. The van der Waals surface area contributed by atoms with E-state index in [-0.39, 0.29) is 5.41 Å². The smallest absolute Gasteiger partial charge is 0.138 e. The van der Waals surface area contributed by atoms with E-state index in [1.54, 1.807) is 0 Å². The average molecular weight is 210 g/mol. The van der Waals surface area contributed by atoms with Crippen molar-refractivity contribution in [2.24, 2.45) is 17.3 Å². The van der Waals surface area contributed by atoms with Crippen molar-refractivity contribution in [3.8, 4) is 0 Å². The first-order valence-corrected chi connectivity index (χ1v) is 6.46. The van der Waals surface area contributed by atoms with Crippen LogP contribution < -0.4 is 0 Å². The molecule has 1 saturated carbocycles. The highest BCUT2D eigenvalue weighted by molar-refractivity contribution is 5.83. The van der Waals surface area contributed by atoms with Crippen LogP contribution in [0.2, 0.25) is 0 Å². The van der Waals surface area contributed by atoms with Crippen LogP contribution in [-0.2, 0) is 4.79 Å². The minimum absolute atomic E-state index is 0.140. The first-order chi connectivity index (χ1) is 6.93. The van der Waals surface area contributed by atoms with Crippen LogP contribution in [0.5, 0.6) is 0 Å². The Labute approximate surface area is 94.6 Å². The van der Waals surface area contributed by atoms with E-state index in [4.69, 9.17) is 0 Å². The fraction of sp³-hybridized carbons (Fsp3) is 0.929. The molecular formula is C14H26O. The van der Waals surface area contributed by atoms with Gasteiger partial charge in [-0.15, -0.1) is 0 Å². The Hall–Kier alpha value is -0.330. The molecule has 0 bridgehead atoms. The summed E-state index contributed by atoms with van der Waals surface area (Å²) in [6.07, 6.45) is 7.40. The Morgan fingerprint density at radius 2 is 1.80 bits per heavy atom. The van der Waals surface area contributed by atoms with Crippen LogP contribution in [-0.4, -0.2) is 5.78 Å². The second kappa shape index (κ2) is 5.14. The highest BCUT2D eigenvalue weighted by Crippen LogP contribution is 2.34. The van der Waals surface area contributed by atoms with Crippen molar-refractivity contribution < 1.29 is 4.79 Å². The van der Waals surface area contributed by atoms with Crippen LogP contribution in [0.3, 0.4) is 0 Å². The highest BCUT2D eigenvalue weighted by atomic mass is 16.1. The number of ketones is 1. The molecule has 0 radical (unpaired) electrons. The third kappa shape index (κ3) is 3.96. The van der Waals surface area contributed by atoms with Crippen molar-refractivity contribution >= 4 is 5.78 Å². The van der Waals surface area contributed by atoms with E-state index in [9.17, 15) is 4.79 Å². The standard InChI is InChI=1S/C14H26O/c1-5-11-7-6-8-12(9-11)10-13(15)14(2,3)4/h11-12H,5-10H2,1-4H3. The van der Waals surface area contributed by atoms with Crippen molar-refractivity contribution in [1.82, 2.24) is 0 Å². The third-order valence-corrected chi connectivity index (χ3v) is 3.78. The van der Waals surface area contributed by atoms with Crippen molar-refractivity contribution in [2.75, 3.05) is 0 Å². The fourth-order valence-corrected chi connectivity index (χ4v) is 2.53. The molecule has 2 unspecified atom stereocenters. The van der Waals surface area contributed by atoms with Crippen LogP contribution in [0.25, 0.3) is 0 Å². The van der Waals surface area contributed by atoms with Crippen molar-refractivity contribution in [3.63, 3.8) is 0 Å². The van der Waals surface area contributed by atoms with Crippen molar-refractivity contribution in [1.29, 1.82) is 0 Å². The van der Waals surface area contributed by atoms with Crippen LogP contribution in [0.15, 0.2) is 0 Å². The van der Waals surface area contributed by atoms with Gasteiger partial charge in [0, 0.05) is 11.8 Å². The number of hydrogen-bond acceptors (Lipinski definition) is 1. The zero-order valence-electron chi connectivity index (χ0n) is 10.8. The van der Waals surface area contributed by atoms with Gasteiger partial charge in [-0.3, -0.25) is 4.79 Å². The molecule has 1 fully saturated rings. The molecule has 1 aliphatic rings. The largest absolute Gasteiger partial charge is 0.299 e. The number of rotatable bonds is 3. The van der Waals surface area contributed by atoms with Gasteiger partial charge in [0.05, 0.1) is 0 Å². The van der Waals surface area contributed by atoms with Gasteiger partial charge in [0.2, 0.25) is 0 Å². The molecule has 0 aromatic heterocycles. The molecule has 88 valence electrons. The van der Waals surface area contributed by atoms with Gasteiger partial charge in [-0.2, -0.15) is 0 Å². The number of carbonyl (C=O) groups excluding carboxylic acids is 1. The highest BCUT2D eigenvalue weighted by Gasteiger charge is 2.27. The molecule has 0 aromatic rings. The maximum atomic E-state index is 11.9. The van der Waals surface area contributed by atoms with Crippen molar-refractivity contribution in [2.45, 2.75) is 66.2 Å². The first kappa shape index (κ1) is 12.7. The van der Waals surface area contributed by atoms with Crippen molar-refractivity contribution in [3.05, 3.63) is 0 Å². The molecule has 0 aromatic carbocycles. The maximum absolute atomic E-state index is 11.9. The molecule has 0 spiro atoms. The zero-order chi connectivity index (χ0) is 11.5. The lowest BCUT2D eigenvalue weighted by Crippen LogP contribution is -2.25. The second-order valence-corrected chi connectivity index (χ2v) is 6.18. The Morgan fingerprint density at radius 3 is 2.33 bits per heavy atom. The SMILES string of the molecule is CCC1CCCC(CC(=O)C(C)(C)C)C1. The molecule has 0 N–H and O–H groups in total. The Balaban J connectivity index is 2.41. The van der Waals surface area contributed by atoms with Gasteiger partial charge < -0.3 is 0 Å². The first-order valence-electron chi connectivity index (χ1n) is 6.46. The molecular weight excluding hydrogens is 184 g/mol. The summed E-state index contributed by atoms with van der Waals surface area (Å²) in [5.41, 5.74) is -0.140. The normalized spacial score (nSPS) is 27.7. The summed E-state index contributed by atoms with van der Waals surface area (Å²) in [5.74, 6) is 2.01. The Morgan fingerprint density at radius 1 is 1.20 bits per heavy atom. The molecule has 1 rings (SSSR count). The summed E-state index contributed by atoms with van der Waals surface area (Å²) in [6, 6.07) is 0. The predicted molar refractivity (Wildman–Crippen MR) is 64.8 cm³/mol. The number of Topliss-reactive ketones (excluding diaryl/α,β-unsaturated/α-hetero) is 1. The van der Waals surface area contributed by atoms with Crippen LogP contribution >= 0.6 is 0 Å². The molecule has 1 nitrogen and oxygen atoms in total. The van der Waals surface area contributed by atoms with Gasteiger partial charge in [0.25, 0.3) is 0 Å². The summed E-state index contributed by atoms with van der Waals surface area (Å²) >= 11 is 0. The molecule has 15 heavy (non-hydrogen) atoms. The van der Waals surface area contributed by atoms with Gasteiger partial charge >= 0.3 is 0 Å². The second-order valence-electron chi connectivity index (χ2n) is 6.18. The lowest BCUT2D eigenvalue weighted by Gasteiger charge is -2.29. The predicted octanol–water partition coefficient (Wildman–Crippen LogP) is 4.21. The van der Waals surface area contributed by atoms with Crippen LogP contribution in [0, 0.1) is 17.3 Å². The van der Waals surface area contributed by atoms with E-state index in [1.165, 1.54) is 32.1 Å². The Bertz CT molecular complexity index is 212. The summed E-state index contributed by atoms with van der Waals surface area (Å²) in [4.78, 5) is 11.9. The quantitative estimate of drug-likeness (QED) is 0.682. The summed E-state index contributed by atoms with van der Waals surface area (Å²) < 4.78 is 0. The van der Waals surface area contributed by atoms with Crippen LogP contribution in [0.1, 0.15) is 66.2 Å². The topological polar surface area (TPSA) is 17.1 Å². The van der Waals surface area contributed by atoms with Gasteiger partial charge in [-0.25, -0.2) is 0 Å². The van der Waals surface area contributed by atoms with Gasteiger partial charge in [-0.1, -0.05) is 53.4 Å². The summed E-state index contributed by atoms with van der Waals surface area (Å²) in [6.45, 7) is 8.39. The van der Waals surface area contributed by atoms with E-state index in [2.05, 4.69) is 6.92 Å². The molecule has 0 saturated heterocycles. The van der Waals surface area contributed by atoms with E-state index in [1.807, 2.05) is 20.8 Å². The minimum atomic E-state index is -0.140. The lowest BCUT2D eigenvalue weighted by atomic mass is 9.75. The molecule has 0 heterocycles. The average Bonchev–Trinajstić information content (AvgIpc) is 2.16. The summed E-state index contributed by atoms with van der Waals surface area (Å²) in [5, 5.41) is 0. The zero-order valence-corrected chi connectivity index (χ0v) is 10.8. The van der Waals surface area contributed by atoms with E-state index in [0.29, 0.717) is 11.7 Å². The summed E-state index contributed by atoms with van der Waals surface area (Å²) in [7, 11) is 0. The van der Waals surface area contributed by atoms with E-state index < -0.39 is 0 Å². The fourth-order valence-electron chi connectivity index (χ4n) is 2.53. The molecule has 1 heteroatoms.